The molecule has 1 aromatic rings. The topological polar surface area (TPSA) is 61.4 Å². The summed E-state index contributed by atoms with van der Waals surface area (Å²) in [6.45, 7) is 2.13. The van der Waals surface area contributed by atoms with Gasteiger partial charge in [0.15, 0.2) is 0 Å². The zero-order valence-electron chi connectivity index (χ0n) is 12.2. The average molecular weight is 284 g/mol. The molecule has 0 bridgehead atoms. The molecule has 1 aromatic carbocycles. The van der Waals surface area contributed by atoms with Crippen molar-refractivity contribution in [1.29, 1.82) is 0 Å². The van der Waals surface area contributed by atoms with Crippen LogP contribution in [0.5, 0.6) is 0 Å². The highest BCUT2D eigenvalue weighted by atomic mass is 16.3. The molecule has 2 unspecified atom stereocenters. The first-order valence-corrected chi connectivity index (χ1v) is 7.65. The standard InChI is InChI=1S/C17H20N2O2/c1-10-2-3-11-4-6-17(13(11)8-10)7-5-12-14(9-17)18-16(21)19-15(12)20/h2-3,8,16,18,21H,4-7,9H2,1H3,(H,19,20). The Morgan fingerprint density at radius 2 is 2.05 bits per heavy atom. The van der Waals surface area contributed by atoms with Gasteiger partial charge in [0.2, 0.25) is 6.35 Å². The second-order valence-electron chi connectivity index (χ2n) is 6.60. The third-order valence-electron chi connectivity index (χ3n) is 5.30. The fourth-order valence-corrected chi connectivity index (χ4v) is 4.20. The van der Waals surface area contributed by atoms with Gasteiger partial charge in [-0.05, 0) is 50.2 Å². The molecule has 1 aliphatic heterocycles. The highest BCUT2D eigenvalue weighted by Gasteiger charge is 2.44. The molecule has 1 heterocycles. The third-order valence-corrected chi connectivity index (χ3v) is 5.30. The van der Waals surface area contributed by atoms with Gasteiger partial charge in [0.25, 0.3) is 5.91 Å². The molecular weight excluding hydrogens is 264 g/mol. The lowest BCUT2D eigenvalue weighted by Gasteiger charge is -2.40. The van der Waals surface area contributed by atoms with E-state index < -0.39 is 6.35 Å². The molecule has 0 saturated carbocycles. The number of nitrogens with one attached hydrogen (secondary N) is 2. The van der Waals surface area contributed by atoms with Crippen molar-refractivity contribution in [3.63, 3.8) is 0 Å². The molecule has 21 heavy (non-hydrogen) atoms. The molecule has 0 saturated heterocycles. The van der Waals surface area contributed by atoms with Crippen LogP contribution in [0.3, 0.4) is 0 Å². The maximum atomic E-state index is 12.0. The van der Waals surface area contributed by atoms with E-state index in [0.29, 0.717) is 0 Å². The van der Waals surface area contributed by atoms with E-state index in [1.807, 2.05) is 0 Å². The van der Waals surface area contributed by atoms with Crippen molar-refractivity contribution in [2.75, 3.05) is 0 Å². The lowest BCUT2D eigenvalue weighted by molar-refractivity contribution is -0.122. The highest BCUT2D eigenvalue weighted by molar-refractivity contribution is 5.95. The van der Waals surface area contributed by atoms with Crippen molar-refractivity contribution in [2.45, 2.75) is 50.8 Å². The summed E-state index contributed by atoms with van der Waals surface area (Å²) < 4.78 is 0. The smallest absolute Gasteiger partial charge is 0.252 e. The van der Waals surface area contributed by atoms with Gasteiger partial charge >= 0.3 is 0 Å². The Balaban J connectivity index is 1.75. The summed E-state index contributed by atoms with van der Waals surface area (Å²) in [5.41, 5.74) is 6.11. The molecule has 0 radical (unpaired) electrons. The Morgan fingerprint density at radius 1 is 1.24 bits per heavy atom. The minimum absolute atomic E-state index is 0.117. The van der Waals surface area contributed by atoms with Gasteiger partial charge in [-0.2, -0.15) is 0 Å². The molecular formula is C17H20N2O2. The van der Waals surface area contributed by atoms with Gasteiger partial charge in [0, 0.05) is 16.7 Å². The monoisotopic (exact) mass is 284 g/mol. The second-order valence-corrected chi connectivity index (χ2v) is 6.60. The van der Waals surface area contributed by atoms with E-state index in [0.717, 1.165) is 43.4 Å². The summed E-state index contributed by atoms with van der Waals surface area (Å²) in [4.78, 5) is 12.0. The van der Waals surface area contributed by atoms with E-state index >= 15 is 0 Å². The van der Waals surface area contributed by atoms with Crippen LogP contribution in [0.2, 0.25) is 0 Å². The number of rotatable bonds is 0. The number of carbonyl (C=O) groups is 1. The fraction of sp³-hybridized carbons (Fsp3) is 0.471. The lowest BCUT2D eigenvalue weighted by atomic mass is 9.69. The van der Waals surface area contributed by atoms with E-state index in [1.54, 1.807) is 0 Å². The van der Waals surface area contributed by atoms with Crippen molar-refractivity contribution in [3.05, 3.63) is 46.2 Å². The third kappa shape index (κ3) is 1.89. The first-order valence-electron chi connectivity index (χ1n) is 7.65. The van der Waals surface area contributed by atoms with Crippen LogP contribution in [0.1, 0.15) is 42.4 Å². The number of carbonyl (C=O) groups excluding carboxylic acids is 1. The minimum atomic E-state index is -0.954. The SMILES string of the molecule is Cc1ccc2c(c1)C1(CCC3=C(C1)NC(O)NC3=O)CC2. The molecule has 4 nitrogen and oxygen atoms in total. The maximum Gasteiger partial charge on any atom is 0.252 e. The molecule has 4 rings (SSSR count). The van der Waals surface area contributed by atoms with E-state index in [1.165, 1.54) is 16.7 Å². The van der Waals surface area contributed by atoms with Crippen LogP contribution in [0, 0.1) is 6.92 Å². The highest BCUT2D eigenvalue weighted by Crippen LogP contribution is 2.50. The van der Waals surface area contributed by atoms with Gasteiger partial charge < -0.3 is 15.7 Å². The summed E-state index contributed by atoms with van der Waals surface area (Å²) in [6.07, 6.45) is 3.95. The van der Waals surface area contributed by atoms with Gasteiger partial charge in [-0.25, -0.2) is 0 Å². The number of fused-ring (bicyclic) bond motifs is 2. The van der Waals surface area contributed by atoms with E-state index in [4.69, 9.17) is 0 Å². The van der Waals surface area contributed by atoms with Crippen LogP contribution in [-0.2, 0) is 16.6 Å². The van der Waals surface area contributed by atoms with Crippen LogP contribution >= 0.6 is 0 Å². The zero-order valence-corrected chi connectivity index (χ0v) is 12.2. The Labute approximate surface area is 124 Å². The number of benzene rings is 1. The summed E-state index contributed by atoms with van der Waals surface area (Å²) in [5, 5.41) is 15.3. The molecule has 110 valence electrons. The van der Waals surface area contributed by atoms with Crippen LogP contribution in [0.4, 0.5) is 0 Å². The molecule has 3 aliphatic rings. The predicted octanol–water partition coefficient (Wildman–Crippen LogP) is 1.61. The Kier molecular flexibility index (Phi) is 2.67. The van der Waals surface area contributed by atoms with Crippen molar-refractivity contribution < 1.29 is 9.90 Å². The largest absolute Gasteiger partial charge is 0.356 e. The average Bonchev–Trinajstić information content (AvgIpc) is 2.76. The molecule has 0 aromatic heterocycles. The quantitative estimate of drug-likeness (QED) is 0.678. The molecule has 0 fully saturated rings. The fourth-order valence-electron chi connectivity index (χ4n) is 4.20. The Bertz CT molecular complexity index is 665. The lowest BCUT2D eigenvalue weighted by Crippen LogP contribution is -2.52. The molecule has 2 aliphatic carbocycles. The number of allylic oxidation sites excluding steroid dienone is 1. The van der Waals surface area contributed by atoms with Gasteiger partial charge in [-0.1, -0.05) is 23.8 Å². The number of aryl methyl sites for hydroxylation is 2. The first-order chi connectivity index (χ1) is 10.1. The van der Waals surface area contributed by atoms with Crippen molar-refractivity contribution in [3.8, 4) is 0 Å². The number of aliphatic hydroxyl groups is 1. The zero-order chi connectivity index (χ0) is 14.6. The van der Waals surface area contributed by atoms with Crippen LogP contribution < -0.4 is 10.6 Å². The van der Waals surface area contributed by atoms with Crippen molar-refractivity contribution in [1.82, 2.24) is 10.6 Å². The normalized spacial score (nSPS) is 30.8. The van der Waals surface area contributed by atoms with E-state index in [-0.39, 0.29) is 11.3 Å². The maximum absolute atomic E-state index is 12.0. The number of hydrogen-bond donors (Lipinski definition) is 3. The molecule has 2 atom stereocenters. The Hall–Kier alpha value is -1.81. The van der Waals surface area contributed by atoms with E-state index in [9.17, 15) is 9.90 Å². The van der Waals surface area contributed by atoms with Crippen molar-refractivity contribution >= 4 is 5.91 Å². The second kappa shape index (κ2) is 4.34. The van der Waals surface area contributed by atoms with Gasteiger partial charge in [-0.3, -0.25) is 4.79 Å². The molecule has 1 amide bonds. The summed E-state index contributed by atoms with van der Waals surface area (Å²) >= 11 is 0. The van der Waals surface area contributed by atoms with E-state index in [2.05, 4.69) is 35.8 Å². The van der Waals surface area contributed by atoms with Crippen LogP contribution in [0.25, 0.3) is 0 Å². The van der Waals surface area contributed by atoms with Gasteiger partial charge in [-0.15, -0.1) is 0 Å². The summed E-state index contributed by atoms with van der Waals surface area (Å²) in [6, 6.07) is 6.74. The minimum Gasteiger partial charge on any atom is -0.356 e. The van der Waals surface area contributed by atoms with Gasteiger partial charge in [0.1, 0.15) is 0 Å². The number of hydrogen-bond acceptors (Lipinski definition) is 3. The molecule has 4 heteroatoms. The predicted molar refractivity (Wildman–Crippen MR) is 79.3 cm³/mol. The number of aliphatic hydroxyl groups excluding tert-OH is 1. The van der Waals surface area contributed by atoms with Crippen LogP contribution in [-0.4, -0.2) is 17.4 Å². The number of amides is 1. The summed E-state index contributed by atoms with van der Waals surface area (Å²) in [7, 11) is 0. The summed E-state index contributed by atoms with van der Waals surface area (Å²) in [5.74, 6) is -0.117. The first kappa shape index (κ1) is 12.9. The molecule has 1 spiro atoms. The molecule has 3 N–H and O–H groups in total. The Morgan fingerprint density at radius 3 is 2.90 bits per heavy atom. The van der Waals surface area contributed by atoms with Crippen LogP contribution in [0.15, 0.2) is 29.5 Å². The van der Waals surface area contributed by atoms with Gasteiger partial charge in [0.05, 0.1) is 0 Å². The van der Waals surface area contributed by atoms with Crippen molar-refractivity contribution in [2.24, 2.45) is 0 Å².